The van der Waals surface area contributed by atoms with E-state index in [2.05, 4.69) is 24.5 Å². The Morgan fingerprint density at radius 2 is 1.75 bits per heavy atom. The second-order valence-corrected chi connectivity index (χ2v) is 12.3. The number of aryl methyl sites for hydroxylation is 2. The van der Waals surface area contributed by atoms with Crippen molar-refractivity contribution in [3.63, 3.8) is 0 Å². The Labute approximate surface area is 280 Å². The van der Waals surface area contributed by atoms with Crippen molar-refractivity contribution in [1.82, 2.24) is 19.1 Å². The number of benzene rings is 3. The van der Waals surface area contributed by atoms with Gasteiger partial charge in [-0.05, 0) is 92.4 Å². The number of hydrogen-bond acceptors (Lipinski definition) is 7. The lowest BCUT2D eigenvalue weighted by Crippen LogP contribution is -2.42. The van der Waals surface area contributed by atoms with Gasteiger partial charge in [-0.1, -0.05) is 26.0 Å². The van der Waals surface area contributed by atoms with Crippen LogP contribution in [0.1, 0.15) is 47.8 Å². The molecule has 6 rings (SSSR count). The van der Waals surface area contributed by atoms with Gasteiger partial charge in [0, 0.05) is 41.3 Å². The van der Waals surface area contributed by atoms with Crippen molar-refractivity contribution in [3.05, 3.63) is 105 Å². The van der Waals surface area contributed by atoms with E-state index in [-0.39, 0.29) is 24.0 Å². The van der Waals surface area contributed by atoms with Crippen LogP contribution in [-0.2, 0) is 9.53 Å². The Balaban J connectivity index is 1.32. The van der Waals surface area contributed by atoms with Gasteiger partial charge < -0.3 is 23.7 Å². The van der Waals surface area contributed by atoms with Gasteiger partial charge in [0.2, 0.25) is 0 Å². The predicted molar refractivity (Wildman–Crippen MR) is 188 cm³/mol. The van der Waals surface area contributed by atoms with Crippen LogP contribution in [0.2, 0.25) is 0 Å². The number of carbonyl (C=O) groups is 1. The van der Waals surface area contributed by atoms with Crippen LogP contribution in [0.25, 0.3) is 28.0 Å². The summed E-state index contributed by atoms with van der Waals surface area (Å²) in [5, 5.41) is 5.27. The van der Waals surface area contributed by atoms with Crippen molar-refractivity contribution in [2.75, 3.05) is 40.0 Å². The fourth-order valence-corrected chi connectivity index (χ4v) is 6.15. The van der Waals surface area contributed by atoms with Crippen molar-refractivity contribution in [2.24, 2.45) is 5.10 Å². The molecule has 0 aliphatic carbocycles. The molecule has 0 unspecified atom stereocenters. The number of rotatable bonds is 9. The molecule has 0 spiro atoms. The zero-order chi connectivity index (χ0) is 33.9. The highest BCUT2D eigenvalue weighted by molar-refractivity contribution is 5.84. The Morgan fingerprint density at radius 1 is 1.02 bits per heavy atom. The molecule has 5 aromatic rings. The molecule has 3 aromatic carbocycles. The molecule has 10 nitrogen and oxygen atoms in total. The molecule has 10 heteroatoms. The first-order valence-corrected chi connectivity index (χ1v) is 16.2. The average Bonchev–Trinajstić information content (AvgIpc) is 3.38. The van der Waals surface area contributed by atoms with Gasteiger partial charge in [-0.15, -0.1) is 0 Å². The summed E-state index contributed by atoms with van der Waals surface area (Å²) in [4.78, 5) is 33.1. The summed E-state index contributed by atoms with van der Waals surface area (Å²) in [6.45, 7) is 12.5. The number of fused-ring (bicyclic) bond motifs is 1. The molecule has 248 valence electrons. The van der Waals surface area contributed by atoms with Gasteiger partial charge in [0.1, 0.15) is 11.5 Å². The van der Waals surface area contributed by atoms with E-state index >= 15 is 0 Å². The standard InChI is InChI=1S/C38H41N5O5/c1-24(2)32-21-33(25(3)19-35(32)46-6)37-40-34-10-8-7-9-31(34)38(45)43(37)39-22-28-20-26(4)42(27(28)5)29-11-13-30(14-12-29)48-23-36(44)41-15-17-47-18-16-41/h7-14,19-22,24H,15-18,23H2,1-6H3. The maximum atomic E-state index is 13.9. The van der Waals surface area contributed by atoms with E-state index in [4.69, 9.17) is 24.3 Å². The van der Waals surface area contributed by atoms with Gasteiger partial charge in [-0.2, -0.15) is 9.78 Å². The molecule has 0 bridgehead atoms. The average molecular weight is 648 g/mol. The molecule has 1 aliphatic heterocycles. The van der Waals surface area contributed by atoms with Crippen molar-refractivity contribution in [3.8, 4) is 28.6 Å². The van der Waals surface area contributed by atoms with Crippen LogP contribution in [0.15, 0.2) is 76.6 Å². The summed E-state index contributed by atoms with van der Waals surface area (Å²) >= 11 is 0. The summed E-state index contributed by atoms with van der Waals surface area (Å²) in [5.74, 6) is 2.04. The lowest BCUT2D eigenvalue weighted by Gasteiger charge is -2.26. The molecule has 1 aliphatic rings. The zero-order valence-electron chi connectivity index (χ0n) is 28.3. The molecule has 0 atom stereocenters. The highest BCUT2D eigenvalue weighted by Crippen LogP contribution is 2.34. The van der Waals surface area contributed by atoms with Gasteiger partial charge in [-0.25, -0.2) is 4.98 Å². The third-order valence-electron chi connectivity index (χ3n) is 8.80. The quantitative estimate of drug-likeness (QED) is 0.181. The molecule has 0 saturated carbocycles. The molecule has 3 heterocycles. The summed E-state index contributed by atoms with van der Waals surface area (Å²) in [5.41, 5.74) is 6.91. The van der Waals surface area contributed by atoms with Crippen molar-refractivity contribution in [2.45, 2.75) is 40.5 Å². The molecule has 1 fully saturated rings. The largest absolute Gasteiger partial charge is 0.496 e. The first kappa shape index (κ1) is 32.7. The number of carbonyl (C=O) groups excluding carboxylic acids is 1. The van der Waals surface area contributed by atoms with E-state index in [1.807, 2.05) is 75.4 Å². The number of nitrogens with zero attached hydrogens (tertiary/aromatic N) is 5. The smallest absolute Gasteiger partial charge is 0.282 e. The SMILES string of the molecule is COc1cc(C)c(-c2nc3ccccc3c(=O)n2N=Cc2cc(C)n(-c3ccc(OCC(=O)N4CCOCC4)cc3)c2C)cc1C(C)C. The van der Waals surface area contributed by atoms with Crippen LogP contribution < -0.4 is 15.0 Å². The van der Waals surface area contributed by atoms with E-state index in [1.165, 1.54) is 4.68 Å². The Morgan fingerprint density at radius 3 is 2.46 bits per heavy atom. The normalized spacial score (nSPS) is 13.5. The molecule has 1 saturated heterocycles. The van der Waals surface area contributed by atoms with Crippen LogP contribution >= 0.6 is 0 Å². The molecular weight excluding hydrogens is 606 g/mol. The summed E-state index contributed by atoms with van der Waals surface area (Å²) in [6.07, 6.45) is 1.72. The molecular formula is C38H41N5O5. The van der Waals surface area contributed by atoms with E-state index in [0.29, 0.717) is 48.8 Å². The highest BCUT2D eigenvalue weighted by atomic mass is 16.5. The van der Waals surface area contributed by atoms with E-state index in [9.17, 15) is 9.59 Å². The fraction of sp³-hybridized carbons (Fsp3) is 0.316. The van der Waals surface area contributed by atoms with Crippen LogP contribution in [0.4, 0.5) is 0 Å². The minimum atomic E-state index is -0.246. The lowest BCUT2D eigenvalue weighted by atomic mass is 9.96. The van der Waals surface area contributed by atoms with Crippen LogP contribution in [0.5, 0.6) is 11.5 Å². The minimum Gasteiger partial charge on any atom is -0.496 e. The highest BCUT2D eigenvalue weighted by Gasteiger charge is 2.20. The molecule has 1 amide bonds. The number of morpholine rings is 1. The number of para-hydroxylation sites is 1. The second kappa shape index (κ2) is 13.9. The number of amides is 1. The zero-order valence-corrected chi connectivity index (χ0v) is 28.3. The van der Waals surface area contributed by atoms with Crippen molar-refractivity contribution < 1.29 is 19.0 Å². The van der Waals surface area contributed by atoms with Crippen molar-refractivity contribution >= 4 is 23.0 Å². The van der Waals surface area contributed by atoms with E-state index in [0.717, 1.165) is 45.1 Å². The first-order chi connectivity index (χ1) is 23.2. The Kier molecular flexibility index (Phi) is 9.45. The van der Waals surface area contributed by atoms with Gasteiger partial charge in [0.15, 0.2) is 12.4 Å². The first-order valence-electron chi connectivity index (χ1n) is 16.2. The Bertz CT molecular complexity index is 2050. The number of methoxy groups -OCH3 is 1. The third kappa shape index (κ3) is 6.48. The van der Waals surface area contributed by atoms with Crippen molar-refractivity contribution in [1.29, 1.82) is 0 Å². The van der Waals surface area contributed by atoms with Crippen LogP contribution in [-0.4, -0.2) is 71.3 Å². The Hall–Kier alpha value is -5.22. The number of ether oxygens (including phenoxy) is 3. The predicted octanol–water partition coefficient (Wildman–Crippen LogP) is 6.03. The molecule has 2 aromatic heterocycles. The third-order valence-corrected chi connectivity index (χ3v) is 8.80. The van der Waals surface area contributed by atoms with Gasteiger partial charge in [-0.3, -0.25) is 9.59 Å². The van der Waals surface area contributed by atoms with Gasteiger partial charge in [0.05, 0.1) is 37.4 Å². The summed E-state index contributed by atoms with van der Waals surface area (Å²) in [6, 6.07) is 21.1. The van der Waals surface area contributed by atoms with Crippen LogP contribution in [0.3, 0.4) is 0 Å². The number of hydrogen-bond donors (Lipinski definition) is 0. The van der Waals surface area contributed by atoms with E-state index < -0.39 is 0 Å². The van der Waals surface area contributed by atoms with E-state index in [1.54, 1.807) is 24.3 Å². The fourth-order valence-electron chi connectivity index (χ4n) is 6.15. The maximum absolute atomic E-state index is 13.9. The monoisotopic (exact) mass is 647 g/mol. The maximum Gasteiger partial charge on any atom is 0.282 e. The molecule has 0 N–H and O–H groups in total. The molecule has 48 heavy (non-hydrogen) atoms. The topological polar surface area (TPSA) is 100 Å². The minimum absolute atomic E-state index is 0.0125. The second-order valence-electron chi connectivity index (χ2n) is 12.3. The number of aromatic nitrogens is 3. The van der Waals surface area contributed by atoms with Gasteiger partial charge in [0.25, 0.3) is 11.5 Å². The lowest BCUT2D eigenvalue weighted by molar-refractivity contribution is -0.137. The molecule has 0 radical (unpaired) electrons. The van der Waals surface area contributed by atoms with Gasteiger partial charge >= 0.3 is 0 Å². The summed E-state index contributed by atoms with van der Waals surface area (Å²) in [7, 11) is 1.67. The van der Waals surface area contributed by atoms with Crippen LogP contribution in [0, 0.1) is 20.8 Å². The summed E-state index contributed by atoms with van der Waals surface area (Å²) < 4.78 is 20.3.